The number of carbonyl (C=O) groups is 1. The highest BCUT2D eigenvalue weighted by Crippen LogP contribution is 2.18. The summed E-state index contributed by atoms with van der Waals surface area (Å²) in [5.74, 6) is 0.688. The van der Waals surface area contributed by atoms with Crippen molar-refractivity contribution in [3.8, 4) is 0 Å². The summed E-state index contributed by atoms with van der Waals surface area (Å²) in [6.07, 6.45) is 3.62. The minimum atomic E-state index is -0.0153. The van der Waals surface area contributed by atoms with E-state index in [4.69, 9.17) is 11.6 Å². The molecule has 1 unspecified atom stereocenters. The Labute approximate surface area is 108 Å². The van der Waals surface area contributed by atoms with Crippen LogP contribution in [0.5, 0.6) is 0 Å². The highest BCUT2D eigenvalue weighted by Gasteiger charge is 2.15. The van der Waals surface area contributed by atoms with Gasteiger partial charge in [-0.15, -0.1) is 24.2 Å². The Bertz CT molecular complexity index is 313. The molecule has 0 saturated carbocycles. The molecule has 0 N–H and O–H groups in total. The Hall–Kier alpha value is -0.470. The maximum atomic E-state index is 11.4. The number of alkyl halides is 1. The lowest BCUT2D eigenvalue weighted by Crippen LogP contribution is -2.12. The normalized spacial score (nSPS) is 12.4. The van der Waals surface area contributed by atoms with Crippen LogP contribution in [-0.4, -0.2) is 11.0 Å². The predicted molar refractivity (Wildman–Crippen MR) is 72.2 cm³/mol. The van der Waals surface area contributed by atoms with Gasteiger partial charge >= 0.3 is 0 Å². The largest absolute Gasteiger partial charge is 0.287 e. The summed E-state index contributed by atoms with van der Waals surface area (Å²) in [6, 6.07) is 10.1. The molecule has 16 heavy (non-hydrogen) atoms. The van der Waals surface area contributed by atoms with Crippen molar-refractivity contribution in [3.05, 3.63) is 35.9 Å². The Morgan fingerprint density at radius 1 is 1.25 bits per heavy atom. The first-order chi connectivity index (χ1) is 7.74. The van der Waals surface area contributed by atoms with E-state index in [1.54, 1.807) is 0 Å². The van der Waals surface area contributed by atoms with Crippen molar-refractivity contribution in [2.24, 2.45) is 5.92 Å². The van der Waals surface area contributed by atoms with Crippen LogP contribution >= 0.6 is 24.2 Å². The van der Waals surface area contributed by atoms with Gasteiger partial charge in [0.15, 0.2) is 5.12 Å². The molecule has 0 radical (unpaired) electrons. The van der Waals surface area contributed by atoms with E-state index in [1.165, 1.54) is 5.56 Å². The van der Waals surface area contributed by atoms with E-state index in [9.17, 15) is 4.79 Å². The van der Waals surface area contributed by atoms with E-state index < -0.39 is 0 Å². The number of halogens is 1. The molecule has 1 nitrogen and oxygen atoms in total. The maximum Gasteiger partial charge on any atom is 0.189 e. The standard InChI is InChI=1S/C13H17ClOS/c14-9-5-4-8-12(13(15)16)10-11-6-2-1-3-7-11/h1-3,6-7,12H,4-5,8-10H2,(H,15,16). The third-order valence-corrected chi connectivity index (χ3v) is 3.24. The zero-order valence-corrected chi connectivity index (χ0v) is 10.9. The summed E-state index contributed by atoms with van der Waals surface area (Å²) in [7, 11) is 0. The van der Waals surface area contributed by atoms with Crippen LogP contribution in [0.2, 0.25) is 0 Å². The molecular formula is C13H17ClOS. The Kier molecular flexibility index (Phi) is 6.58. The second-order valence-corrected chi connectivity index (χ2v) is 4.73. The maximum absolute atomic E-state index is 11.4. The molecule has 0 amide bonds. The number of thiol groups is 1. The van der Waals surface area contributed by atoms with Crippen LogP contribution in [0.15, 0.2) is 30.3 Å². The zero-order valence-electron chi connectivity index (χ0n) is 9.23. The first-order valence-corrected chi connectivity index (χ1v) is 6.55. The summed E-state index contributed by atoms with van der Waals surface area (Å²) < 4.78 is 0. The lowest BCUT2D eigenvalue weighted by Gasteiger charge is -2.12. The third-order valence-electron chi connectivity index (χ3n) is 2.61. The molecule has 1 rings (SSSR count). The van der Waals surface area contributed by atoms with Crippen LogP contribution in [-0.2, 0) is 11.2 Å². The van der Waals surface area contributed by atoms with Gasteiger partial charge in [0.2, 0.25) is 0 Å². The fourth-order valence-corrected chi connectivity index (χ4v) is 2.11. The quantitative estimate of drug-likeness (QED) is 0.447. The molecule has 0 aliphatic carbocycles. The molecule has 1 aromatic rings. The van der Waals surface area contributed by atoms with Crippen LogP contribution in [0.1, 0.15) is 24.8 Å². The molecule has 0 fully saturated rings. The van der Waals surface area contributed by atoms with Crippen LogP contribution in [0, 0.1) is 5.92 Å². The van der Waals surface area contributed by atoms with Gasteiger partial charge < -0.3 is 0 Å². The monoisotopic (exact) mass is 256 g/mol. The van der Waals surface area contributed by atoms with E-state index in [1.807, 2.05) is 30.3 Å². The van der Waals surface area contributed by atoms with Crippen molar-refractivity contribution in [2.75, 3.05) is 5.88 Å². The van der Waals surface area contributed by atoms with Crippen molar-refractivity contribution in [3.63, 3.8) is 0 Å². The molecule has 0 spiro atoms. The summed E-state index contributed by atoms with van der Waals surface area (Å²) in [5, 5.41) is -0.0153. The highest BCUT2D eigenvalue weighted by molar-refractivity contribution is 7.96. The van der Waals surface area contributed by atoms with E-state index in [0.29, 0.717) is 5.88 Å². The third kappa shape index (κ3) is 5.04. The Balaban J connectivity index is 2.48. The lowest BCUT2D eigenvalue weighted by molar-refractivity contribution is -0.114. The van der Waals surface area contributed by atoms with Gasteiger partial charge in [-0.1, -0.05) is 36.8 Å². The number of hydrogen-bond donors (Lipinski definition) is 1. The average molecular weight is 257 g/mol. The molecule has 0 heterocycles. The van der Waals surface area contributed by atoms with Crippen molar-refractivity contribution >= 4 is 29.3 Å². The molecule has 0 aliphatic rings. The topological polar surface area (TPSA) is 17.1 Å². The van der Waals surface area contributed by atoms with Gasteiger partial charge in [-0.05, 0) is 24.8 Å². The zero-order chi connectivity index (χ0) is 11.8. The number of unbranched alkanes of at least 4 members (excludes halogenated alkanes) is 1. The van der Waals surface area contributed by atoms with E-state index in [2.05, 4.69) is 12.6 Å². The van der Waals surface area contributed by atoms with Crippen LogP contribution in [0.4, 0.5) is 0 Å². The van der Waals surface area contributed by atoms with Crippen molar-refractivity contribution in [1.29, 1.82) is 0 Å². The Morgan fingerprint density at radius 3 is 2.50 bits per heavy atom. The lowest BCUT2D eigenvalue weighted by atomic mass is 9.95. The van der Waals surface area contributed by atoms with Gasteiger partial charge in [0.1, 0.15) is 0 Å². The SMILES string of the molecule is O=C(S)C(CCCCCl)Cc1ccccc1. The number of carbonyl (C=O) groups excluding carboxylic acids is 1. The van der Waals surface area contributed by atoms with Crippen LogP contribution in [0.3, 0.4) is 0 Å². The minimum absolute atomic E-state index is 0.0153. The summed E-state index contributed by atoms with van der Waals surface area (Å²) in [6.45, 7) is 0. The van der Waals surface area contributed by atoms with Crippen molar-refractivity contribution in [1.82, 2.24) is 0 Å². The summed E-state index contributed by atoms with van der Waals surface area (Å²) in [5.41, 5.74) is 1.20. The second kappa shape index (κ2) is 7.75. The van der Waals surface area contributed by atoms with Gasteiger partial charge in [-0.25, -0.2) is 0 Å². The highest BCUT2D eigenvalue weighted by atomic mass is 35.5. The molecule has 0 bridgehead atoms. The minimum Gasteiger partial charge on any atom is -0.287 e. The molecule has 1 aromatic carbocycles. The molecule has 0 aliphatic heterocycles. The van der Waals surface area contributed by atoms with Gasteiger partial charge in [0.05, 0.1) is 0 Å². The first kappa shape index (κ1) is 13.6. The molecule has 1 atom stereocenters. The van der Waals surface area contributed by atoms with Crippen LogP contribution in [0.25, 0.3) is 0 Å². The summed E-state index contributed by atoms with van der Waals surface area (Å²) in [4.78, 5) is 11.4. The molecule has 0 aromatic heterocycles. The van der Waals surface area contributed by atoms with Gasteiger partial charge in [-0.3, -0.25) is 4.79 Å². The summed E-state index contributed by atoms with van der Waals surface area (Å²) >= 11 is 9.57. The molecule has 88 valence electrons. The van der Waals surface area contributed by atoms with E-state index >= 15 is 0 Å². The van der Waals surface area contributed by atoms with Gasteiger partial charge in [0.25, 0.3) is 0 Å². The van der Waals surface area contributed by atoms with Gasteiger partial charge in [0, 0.05) is 11.8 Å². The van der Waals surface area contributed by atoms with E-state index in [-0.39, 0.29) is 11.0 Å². The second-order valence-electron chi connectivity index (χ2n) is 3.91. The molecule has 0 saturated heterocycles. The average Bonchev–Trinajstić information content (AvgIpc) is 2.29. The fourth-order valence-electron chi connectivity index (χ4n) is 1.70. The van der Waals surface area contributed by atoms with Crippen molar-refractivity contribution in [2.45, 2.75) is 25.7 Å². The molecular weight excluding hydrogens is 240 g/mol. The van der Waals surface area contributed by atoms with Gasteiger partial charge in [-0.2, -0.15) is 0 Å². The van der Waals surface area contributed by atoms with Crippen molar-refractivity contribution < 1.29 is 4.79 Å². The first-order valence-electron chi connectivity index (χ1n) is 5.56. The number of benzene rings is 1. The fraction of sp³-hybridized carbons (Fsp3) is 0.462. The Morgan fingerprint density at radius 2 is 1.94 bits per heavy atom. The number of rotatable bonds is 7. The predicted octanol–water partition coefficient (Wildman–Crippen LogP) is 3.71. The smallest absolute Gasteiger partial charge is 0.189 e. The van der Waals surface area contributed by atoms with Crippen LogP contribution < -0.4 is 0 Å². The molecule has 3 heteroatoms. The number of hydrogen-bond acceptors (Lipinski definition) is 1. The van der Waals surface area contributed by atoms with E-state index in [0.717, 1.165) is 25.7 Å².